The third-order valence-electron chi connectivity index (χ3n) is 3.02. The van der Waals surface area contributed by atoms with Gasteiger partial charge in [-0.3, -0.25) is 4.68 Å². The molecular weight excluding hydrogens is 232 g/mol. The third kappa shape index (κ3) is 3.44. The van der Waals surface area contributed by atoms with Crippen molar-refractivity contribution in [2.24, 2.45) is 5.73 Å². The number of nitrogens with zero attached hydrogens (tertiary/aromatic N) is 3. The second-order valence-electron chi connectivity index (χ2n) is 4.59. The average Bonchev–Trinajstić information content (AvgIpc) is 2.77. The van der Waals surface area contributed by atoms with E-state index in [4.69, 9.17) is 15.2 Å². The maximum Gasteiger partial charge on any atom is 0.161 e. The molecule has 0 aromatic carbocycles. The summed E-state index contributed by atoms with van der Waals surface area (Å²) in [5.74, 6) is 0.713. The van der Waals surface area contributed by atoms with Crippen LogP contribution in [0.25, 0.3) is 0 Å². The number of hydrogen-bond acceptors (Lipinski definition) is 5. The highest BCUT2D eigenvalue weighted by Gasteiger charge is 2.23. The Morgan fingerprint density at radius 1 is 1.44 bits per heavy atom. The van der Waals surface area contributed by atoms with Crippen LogP contribution in [0.3, 0.4) is 0 Å². The molecule has 0 bridgehead atoms. The summed E-state index contributed by atoms with van der Waals surface area (Å²) in [6, 6.07) is -0.255. The zero-order valence-electron chi connectivity index (χ0n) is 11.9. The lowest BCUT2D eigenvalue weighted by Crippen LogP contribution is -2.29. The Bertz CT molecular complexity index is 365. The van der Waals surface area contributed by atoms with E-state index in [1.54, 1.807) is 20.4 Å². The molecule has 0 fully saturated rings. The van der Waals surface area contributed by atoms with Crippen molar-refractivity contribution < 1.29 is 9.47 Å². The van der Waals surface area contributed by atoms with Crippen LogP contribution >= 0.6 is 0 Å². The van der Waals surface area contributed by atoms with Gasteiger partial charge in [-0.05, 0) is 21.0 Å². The number of likely N-dealkylation sites (N-methyl/N-ethyl adjacent to an activating group) is 1. The van der Waals surface area contributed by atoms with Crippen LogP contribution in [0.15, 0.2) is 6.20 Å². The minimum Gasteiger partial charge on any atom is -0.493 e. The normalized spacial score (nSPS) is 14.8. The number of nitrogens with two attached hydrogens (primary N) is 1. The van der Waals surface area contributed by atoms with E-state index in [1.165, 1.54) is 0 Å². The van der Waals surface area contributed by atoms with Crippen molar-refractivity contribution in [3.05, 3.63) is 11.9 Å². The van der Waals surface area contributed by atoms with Crippen molar-refractivity contribution in [2.45, 2.75) is 25.6 Å². The van der Waals surface area contributed by atoms with Crippen LogP contribution in [0.1, 0.15) is 18.7 Å². The zero-order valence-corrected chi connectivity index (χ0v) is 11.9. The molecule has 0 saturated heterocycles. The summed E-state index contributed by atoms with van der Waals surface area (Å²) in [4.78, 5) is 2.10. The van der Waals surface area contributed by atoms with Crippen molar-refractivity contribution in [1.82, 2.24) is 14.7 Å². The van der Waals surface area contributed by atoms with Gasteiger partial charge in [0.15, 0.2) is 5.75 Å². The number of methoxy groups -OCH3 is 2. The lowest BCUT2D eigenvalue weighted by molar-refractivity contribution is 0.0918. The topological polar surface area (TPSA) is 65.5 Å². The summed E-state index contributed by atoms with van der Waals surface area (Å²) >= 11 is 0. The van der Waals surface area contributed by atoms with E-state index in [0.29, 0.717) is 5.75 Å². The van der Waals surface area contributed by atoms with Gasteiger partial charge in [0.1, 0.15) is 0 Å². The quantitative estimate of drug-likeness (QED) is 0.769. The van der Waals surface area contributed by atoms with Gasteiger partial charge < -0.3 is 20.1 Å². The number of rotatable bonds is 7. The van der Waals surface area contributed by atoms with Crippen LogP contribution in [-0.2, 0) is 11.3 Å². The van der Waals surface area contributed by atoms with Gasteiger partial charge in [-0.25, -0.2) is 0 Å². The second-order valence-corrected chi connectivity index (χ2v) is 4.59. The molecular formula is C12H24N4O2. The van der Waals surface area contributed by atoms with Crippen LogP contribution in [-0.4, -0.2) is 55.6 Å². The summed E-state index contributed by atoms with van der Waals surface area (Å²) in [5, 5.41) is 4.33. The molecule has 0 radical (unpaired) electrons. The molecule has 2 atom stereocenters. The van der Waals surface area contributed by atoms with Crippen molar-refractivity contribution in [1.29, 1.82) is 0 Å². The SMILES string of the molecule is COc1cnn(CCN(C)C)c1C(N)C(C)OC. The van der Waals surface area contributed by atoms with Crippen LogP contribution in [0.4, 0.5) is 0 Å². The van der Waals surface area contributed by atoms with Gasteiger partial charge in [0.25, 0.3) is 0 Å². The fraction of sp³-hybridized carbons (Fsp3) is 0.750. The van der Waals surface area contributed by atoms with E-state index >= 15 is 0 Å². The first kappa shape index (κ1) is 14.9. The Morgan fingerprint density at radius 2 is 2.11 bits per heavy atom. The number of ether oxygens (including phenoxy) is 2. The first-order chi connectivity index (χ1) is 8.51. The molecule has 6 heteroatoms. The molecule has 0 aliphatic carbocycles. The van der Waals surface area contributed by atoms with Crippen molar-refractivity contribution >= 4 is 0 Å². The van der Waals surface area contributed by atoms with Crippen molar-refractivity contribution in [3.63, 3.8) is 0 Å². The van der Waals surface area contributed by atoms with E-state index < -0.39 is 0 Å². The highest BCUT2D eigenvalue weighted by atomic mass is 16.5. The predicted octanol–water partition coefficient (Wildman–Crippen LogP) is 0.488. The second kappa shape index (κ2) is 6.72. The van der Waals surface area contributed by atoms with Gasteiger partial charge in [0.2, 0.25) is 0 Å². The molecule has 1 aromatic heterocycles. The standard InChI is InChI=1S/C12H24N4O2/c1-9(17-4)11(13)12-10(18-5)8-14-16(12)7-6-15(2)3/h8-9,11H,6-7,13H2,1-5H3. The van der Waals surface area contributed by atoms with Crippen molar-refractivity contribution in [3.8, 4) is 5.75 Å². The molecule has 0 aliphatic heterocycles. The van der Waals surface area contributed by atoms with E-state index in [0.717, 1.165) is 18.8 Å². The smallest absolute Gasteiger partial charge is 0.161 e. The summed E-state index contributed by atoms with van der Waals surface area (Å²) in [6.45, 7) is 3.61. The molecule has 0 aliphatic rings. The maximum absolute atomic E-state index is 6.20. The van der Waals surface area contributed by atoms with Gasteiger partial charge >= 0.3 is 0 Å². The van der Waals surface area contributed by atoms with Gasteiger partial charge in [0, 0.05) is 13.7 Å². The Labute approximate surface area is 109 Å². The highest BCUT2D eigenvalue weighted by Crippen LogP contribution is 2.26. The fourth-order valence-corrected chi connectivity index (χ4v) is 1.71. The van der Waals surface area contributed by atoms with Gasteiger partial charge in [-0.15, -0.1) is 0 Å². The Morgan fingerprint density at radius 3 is 2.61 bits per heavy atom. The third-order valence-corrected chi connectivity index (χ3v) is 3.02. The Kier molecular flexibility index (Phi) is 5.58. The minimum absolute atomic E-state index is 0.0892. The van der Waals surface area contributed by atoms with Crippen LogP contribution < -0.4 is 10.5 Å². The predicted molar refractivity (Wildman–Crippen MR) is 70.7 cm³/mol. The van der Waals surface area contributed by atoms with E-state index in [1.807, 2.05) is 25.7 Å². The van der Waals surface area contributed by atoms with E-state index in [-0.39, 0.29) is 12.1 Å². The summed E-state index contributed by atoms with van der Waals surface area (Å²) in [7, 11) is 7.33. The van der Waals surface area contributed by atoms with E-state index in [2.05, 4.69) is 10.00 Å². The van der Waals surface area contributed by atoms with Gasteiger partial charge in [0.05, 0.1) is 37.7 Å². The maximum atomic E-state index is 6.20. The van der Waals surface area contributed by atoms with E-state index in [9.17, 15) is 0 Å². The molecule has 2 unspecified atom stereocenters. The molecule has 104 valence electrons. The van der Waals surface area contributed by atoms with Crippen LogP contribution in [0, 0.1) is 0 Å². The molecule has 1 aromatic rings. The first-order valence-corrected chi connectivity index (χ1v) is 6.04. The molecule has 0 amide bonds. The lowest BCUT2D eigenvalue weighted by atomic mass is 10.1. The number of aromatic nitrogens is 2. The molecule has 0 saturated carbocycles. The number of hydrogen-bond donors (Lipinski definition) is 1. The average molecular weight is 256 g/mol. The molecule has 18 heavy (non-hydrogen) atoms. The summed E-state index contributed by atoms with van der Waals surface area (Å²) in [6.07, 6.45) is 1.61. The molecule has 6 nitrogen and oxygen atoms in total. The fourth-order valence-electron chi connectivity index (χ4n) is 1.71. The van der Waals surface area contributed by atoms with Gasteiger partial charge in [-0.1, -0.05) is 0 Å². The first-order valence-electron chi connectivity index (χ1n) is 6.04. The monoisotopic (exact) mass is 256 g/mol. The largest absolute Gasteiger partial charge is 0.493 e. The molecule has 2 N–H and O–H groups in total. The summed E-state index contributed by atoms with van der Waals surface area (Å²) < 4.78 is 12.5. The van der Waals surface area contributed by atoms with Crippen molar-refractivity contribution in [2.75, 3.05) is 34.9 Å². The zero-order chi connectivity index (χ0) is 13.7. The lowest BCUT2D eigenvalue weighted by Gasteiger charge is -2.21. The van der Waals surface area contributed by atoms with Crippen LogP contribution in [0.5, 0.6) is 5.75 Å². The Hall–Kier alpha value is -1.11. The summed E-state index contributed by atoms with van der Waals surface area (Å²) in [5.41, 5.74) is 7.08. The molecule has 1 heterocycles. The van der Waals surface area contributed by atoms with Crippen LogP contribution in [0.2, 0.25) is 0 Å². The molecule has 1 rings (SSSR count). The highest BCUT2D eigenvalue weighted by molar-refractivity contribution is 5.28. The molecule has 0 spiro atoms. The minimum atomic E-state index is -0.255. The van der Waals surface area contributed by atoms with Gasteiger partial charge in [-0.2, -0.15) is 5.10 Å². The Balaban J connectivity index is 2.94.